The zero-order valence-electron chi connectivity index (χ0n) is 62.9. The Kier molecular flexibility index (Phi) is 29.8. The number of fused-ring (bicyclic) bond motifs is 2. The van der Waals surface area contributed by atoms with Crippen molar-refractivity contribution in [3.05, 3.63) is 71.8 Å². The normalized spacial score (nSPS) is 21.3. The fourth-order valence-electron chi connectivity index (χ4n) is 13.4. The van der Waals surface area contributed by atoms with Crippen LogP contribution in [0.5, 0.6) is 0 Å². The topological polar surface area (TPSA) is 367 Å². The number of hydrogen-bond acceptors (Lipinski definition) is 16. The first kappa shape index (κ1) is 83.0. The van der Waals surface area contributed by atoms with Crippen molar-refractivity contribution in [1.29, 1.82) is 0 Å². The minimum Gasteiger partial charge on any atom is -0.446 e. The minimum atomic E-state index is -1.19. The zero-order chi connectivity index (χ0) is 76.5. The van der Waals surface area contributed by atoms with Crippen LogP contribution in [0, 0.1) is 46.3 Å². The number of alkyl carbamates (subject to hydrolysis) is 2. The zero-order valence-corrected chi connectivity index (χ0v) is 62.9. The first-order chi connectivity index (χ1) is 48.4. The van der Waals surface area contributed by atoms with Crippen LogP contribution < -0.4 is 42.5 Å². The quantitative estimate of drug-likeness (QED) is 0.0470. The molecule has 28 heteroatoms. The number of Topliss-reactive ketones (excluding diaryl/α,β-unsaturated/α-hetero) is 2. The van der Waals surface area contributed by atoms with Gasteiger partial charge in [0.15, 0.2) is 0 Å². The van der Waals surface area contributed by atoms with Crippen LogP contribution in [0.2, 0.25) is 0 Å². The molecule has 5 aliphatic rings. The van der Waals surface area contributed by atoms with Crippen LogP contribution in [-0.2, 0) is 67.0 Å². The maximum absolute atomic E-state index is 14.4. The third kappa shape index (κ3) is 22.5. The Morgan fingerprint density at radius 1 is 0.524 bits per heavy atom. The Morgan fingerprint density at radius 2 is 0.903 bits per heavy atom. The molecule has 103 heavy (non-hydrogen) atoms. The van der Waals surface area contributed by atoms with Gasteiger partial charge < -0.3 is 71.6 Å². The number of ketones is 2. The Morgan fingerprint density at radius 3 is 1.26 bits per heavy atom. The molecule has 0 bridgehead atoms. The van der Waals surface area contributed by atoms with Gasteiger partial charge in [-0.1, -0.05) is 162 Å². The summed E-state index contributed by atoms with van der Waals surface area (Å²) in [6, 6.07) is 9.28. The molecule has 0 unspecified atom stereocenters. The van der Waals surface area contributed by atoms with E-state index in [1.165, 1.54) is 14.7 Å². The van der Waals surface area contributed by atoms with Crippen molar-refractivity contribution in [2.75, 3.05) is 54.4 Å². The number of rotatable bonds is 31. The minimum absolute atomic E-state index is 0.0760. The molecule has 2 saturated heterocycles. The number of amides is 12. The smallest absolute Gasteiger partial charge is 0.408 e. The molecule has 5 fully saturated rings. The summed E-state index contributed by atoms with van der Waals surface area (Å²) >= 11 is 0. The molecule has 3 saturated carbocycles. The Bertz CT molecular complexity index is 3370. The molecule has 2 aromatic carbocycles. The number of likely N-dealkylation sites (tertiary alicyclic amines) is 2. The fourth-order valence-corrected chi connectivity index (χ4v) is 13.4. The molecule has 2 aromatic rings. The van der Waals surface area contributed by atoms with Gasteiger partial charge in [-0.15, -0.1) is 0 Å². The van der Waals surface area contributed by atoms with E-state index >= 15 is 0 Å². The van der Waals surface area contributed by atoms with Crippen molar-refractivity contribution in [3.8, 4) is 0 Å². The highest BCUT2D eigenvalue weighted by Gasteiger charge is 2.60. The number of piperidine rings is 2. The first-order valence-corrected chi connectivity index (χ1v) is 36.4. The second kappa shape index (κ2) is 36.9. The van der Waals surface area contributed by atoms with Crippen molar-refractivity contribution in [1.82, 2.24) is 62.1 Å². The molecule has 12 amide bonds. The third-order valence-electron chi connectivity index (χ3n) is 20.4. The summed E-state index contributed by atoms with van der Waals surface area (Å²) in [5.41, 5.74) is -0.137. The van der Waals surface area contributed by atoms with Gasteiger partial charge in [0.05, 0.1) is 25.2 Å². The SMILES string of the molecule is CCC[C@H](NC(=O)[C@@H]1[C@H]2C[C@H]2CN1C(=O)[C@@H](NC(=O)O[C@H](C)C(C)C)C(C)(C)C)C(=O)C(=O)NCC(=O)N[C@H](C(=O)N(C)C)c1ccccc1.CCC[C@H](NC(=O)[C@@H]1[C@H]2C[C@H]2CN1C(=O)[C@@H](NC(=O)O[C@H](C)C(C)C)C1(C)CCCCC1)C(=O)C(=O)NCC(=O)N[C@H](C(=O)N(C)C)c1ccccc1. The van der Waals surface area contributed by atoms with Crippen LogP contribution in [0.25, 0.3) is 0 Å². The number of likely N-dealkylation sites (N-methyl/N-ethyl adjacent to an activating group) is 2. The average molecular weight is 1440 g/mol. The van der Waals surface area contributed by atoms with E-state index in [1.54, 1.807) is 115 Å². The predicted molar refractivity (Wildman–Crippen MR) is 382 cm³/mol. The second-order valence-electron chi connectivity index (χ2n) is 30.7. The summed E-state index contributed by atoms with van der Waals surface area (Å²) in [6.07, 6.45) is 4.96. The number of carbonyl (C=O) groups is 14. The largest absolute Gasteiger partial charge is 0.446 e. The maximum atomic E-state index is 14.4. The van der Waals surface area contributed by atoms with E-state index < -0.39 is 137 Å². The van der Waals surface area contributed by atoms with Crippen molar-refractivity contribution in [2.24, 2.45) is 46.3 Å². The van der Waals surface area contributed by atoms with Gasteiger partial charge in [-0.25, -0.2) is 9.59 Å². The lowest BCUT2D eigenvalue weighted by atomic mass is 9.70. The van der Waals surface area contributed by atoms with Crippen LogP contribution in [0.15, 0.2) is 60.7 Å². The molecule has 14 atom stereocenters. The van der Waals surface area contributed by atoms with Crippen LogP contribution in [0.4, 0.5) is 9.59 Å². The van der Waals surface area contributed by atoms with Crippen LogP contribution >= 0.6 is 0 Å². The Labute approximate surface area is 605 Å². The van der Waals surface area contributed by atoms with E-state index in [9.17, 15) is 67.1 Å². The van der Waals surface area contributed by atoms with Crippen LogP contribution in [0.1, 0.15) is 177 Å². The third-order valence-corrected chi connectivity index (χ3v) is 20.4. The highest BCUT2D eigenvalue weighted by Crippen LogP contribution is 2.52. The van der Waals surface area contributed by atoms with Gasteiger partial charge in [-0.05, 0) is 110 Å². The van der Waals surface area contributed by atoms with Gasteiger partial charge >= 0.3 is 12.2 Å². The average Bonchev–Trinajstić information content (AvgIpc) is 1.59. The standard InChI is InChI=1S/C39H58N6O8.C36H54N6O8/c1-8-15-28(32(47)35(49)40-21-29(46)42-30(36(50)44(6)7)25-16-11-9-12-17-25)41-34(48)31-27-20-26(27)22-45(31)37(51)33(39(5)18-13-10-14-19-39)43-38(52)53-24(4)23(2)3;1-10-14-25(29(44)32(46)37-18-26(43)39-27(33(47)41(8)9)22-15-12-11-13-16-22)38-31(45)28-24-17-23(24)19-42(28)34(48)30(36(5,6)7)40-35(49)50-21(4)20(2)3/h9,11-12,16-17,23-24,26-28,30-31,33H,8,10,13-15,18-22H2,1-7H3,(H,40,49)(H,41,48)(H,42,46)(H,43,52);11-13,15-16,20-21,23-25,27-28,30H,10,14,17-19H2,1-9H3,(H,37,46)(H,38,45)(H,39,43)(H,40,49)/t24-,26+,27+,28+,30+,31+,33-;21-,23+,24+,25+,27+,28+,30-/m11/s1. The lowest BCUT2D eigenvalue weighted by Gasteiger charge is -2.42. The van der Waals surface area contributed by atoms with Crippen molar-refractivity contribution in [3.63, 3.8) is 0 Å². The Balaban J connectivity index is 0.000000324. The molecular formula is C75H112N12O16. The number of hydrogen-bond donors (Lipinski definition) is 8. The lowest BCUT2D eigenvalue weighted by molar-refractivity contribution is -0.145. The molecule has 2 aliphatic heterocycles. The molecule has 0 radical (unpaired) electrons. The van der Waals surface area contributed by atoms with Gasteiger partial charge in [-0.2, -0.15) is 0 Å². The van der Waals surface area contributed by atoms with Crippen LogP contribution in [-0.4, -0.2) is 205 Å². The highest BCUT2D eigenvalue weighted by molar-refractivity contribution is 6.39. The number of ether oxygens (including phenoxy) is 2. The molecule has 3 aliphatic carbocycles. The fraction of sp³-hybridized carbons (Fsp3) is 0.653. The Hall–Kier alpha value is -8.98. The maximum Gasteiger partial charge on any atom is 0.408 e. The monoisotopic (exact) mass is 1440 g/mol. The molecular weight excluding hydrogens is 1320 g/mol. The predicted octanol–water partition coefficient (Wildman–Crippen LogP) is 4.79. The molecule has 568 valence electrons. The van der Waals surface area contributed by atoms with Crippen molar-refractivity contribution in [2.45, 2.75) is 214 Å². The van der Waals surface area contributed by atoms with Gasteiger partial charge in [0, 0.05) is 41.3 Å². The first-order valence-electron chi connectivity index (χ1n) is 36.4. The van der Waals surface area contributed by atoms with E-state index in [0.717, 1.165) is 44.9 Å². The van der Waals surface area contributed by atoms with E-state index in [4.69, 9.17) is 9.47 Å². The van der Waals surface area contributed by atoms with E-state index in [0.29, 0.717) is 37.1 Å². The molecule has 28 nitrogen and oxygen atoms in total. The molecule has 2 heterocycles. The van der Waals surface area contributed by atoms with Gasteiger partial charge in [0.2, 0.25) is 58.8 Å². The molecule has 0 spiro atoms. The number of nitrogens with one attached hydrogen (secondary N) is 8. The van der Waals surface area contributed by atoms with E-state index in [1.807, 2.05) is 62.3 Å². The van der Waals surface area contributed by atoms with Gasteiger partial charge in [0.1, 0.15) is 48.5 Å². The molecule has 0 aromatic heterocycles. The van der Waals surface area contributed by atoms with Crippen molar-refractivity contribution >= 4 is 82.8 Å². The van der Waals surface area contributed by atoms with Gasteiger partial charge in [-0.3, -0.25) is 57.5 Å². The summed E-state index contributed by atoms with van der Waals surface area (Å²) in [6.45, 7) is 21.9. The van der Waals surface area contributed by atoms with Crippen LogP contribution in [0.3, 0.4) is 0 Å². The number of carbonyl (C=O) groups excluding carboxylic acids is 14. The highest BCUT2D eigenvalue weighted by atomic mass is 16.6. The van der Waals surface area contributed by atoms with E-state index in [-0.39, 0.29) is 78.3 Å². The summed E-state index contributed by atoms with van der Waals surface area (Å²) in [7, 11) is 6.24. The van der Waals surface area contributed by atoms with E-state index in [2.05, 4.69) is 42.5 Å². The summed E-state index contributed by atoms with van der Waals surface area (Å²) in [5.74, 6) is -7.74. The van der Waals surface area contributed by atoms with Crippen molar-refractivity contribution < 1.29 is 76.6 Å². The number of nitrogens with zero attached hydrogens (tertiary/aromatic N) is 4. The summed E-state index contributed by atoms with van der Waals surface area (Å²) < 4.78 is 11.1. The molecule has 8 N–H and O–H groups in total. The second-order valence-corrected chi connectivity index (χ2v) is 30.7. The summed E-state index contributed by atoms with van der Waals surface area (Å²) in [5, 5.41) is 20.9. The van der Waals surface area contributed by atoms with Gasteiger partial charge in [0.25, 0.3) is 11.8 Å². The number of benzene rings is 2. The molecule has 7 rings (SSSR count). The lowest BCUT2D eigenvalue weighted by Crippen LogP contribution is -2.61. The summed E-state index contributed by atoms with van der Waals surface area (Å²) in [4.78, 5) is 192.